The van der Waals surface area contributed by atoms with Crippen LogP contribution in [0.25, 0.3) is 0 Å². The molecule has 6 nitrogen and oxygen atoms in total. The van der Waals surface area contributed by atoms with Crippen molar-refractivity contribution < 1.29 is 27.6 Å². The highest BCUT2D eigenvalue weighted by Gasteiger charge is 2.40. The summed E-state index contributed by atoms with van der Waals surface area (Å²) in [5, 5.41) is 5.51. The largest absolute Gasteiger partial charge is 0.416 e. The summed E-state index contributed by atoms with van der Waals surface area (Å²) in [5.74, 6) is -2.11. The molecule has 184 valence electrons. The number of rotatable bonds is 6. The fraction of sp³-hybridized carbons (Fsp3) is 0.0800. The van der Waals surface area contributed by atoms with Crippen LogP contribution in [0.3, 0.4) is 0 Å². The normalized spacial score (nSPS) is 13.9. The molecule has 0 bridgehead atoms. The van der Waals surface area contributed by atoms with Crippen LogP contribution in [-0.4, -0.2) is 17.7 Å². The fourth-order valence-corrected chi connectivity index (χ4v) is 3.88. The maximum atomic E-state index is 13.1. The molecule has 0 unspecified atom stereocenters. The van der Waals surface area contributed by atoms with E-state index in [0.717, 1.165) is 12.1 Å². The summed E-state index contributed by atoms with van der Waals surface area (Å²) in [6, 6.07) is 17.0. The van der Waals surface area contributed by atoms with Gasteiger partial charge in [-0.15, -0.1) is 0 Å². The monoisotopic (exact) mass is 533 g/mol. The predicted octanol–water partition coefficient (Wildman–Crippen LogP) is 5.98. The minimum Gasteiger partial charge on any atom is -0.350 e. The van der Waals surface area contributed by atoms with E-state index in [1.807, 2.05) is 0 Å². The molecule has 0 saturated heterocycles. The van der Waals surface area contributed by atoms with Gasteiger partial charge < -0.3 is 10.6 Å². The Balaban J connectivity index is 1.44. The zero-order valence-electron chi connectivity index (χ0n) is 18.2. The molecule has 4 rings (SSSR count). The maximum absolute atomic E-state index is 13.1. The third kappa shape index (κ3) is 5.53. The Hall–Kier alpha value is -3.82. The molecule has 0 fully saturated rings. The van der Waals surface area contributed by atoms with Gasteiger partial charge in [0.15, 0.2) is 0 Å². The fourth-order valence-electron chi connectivity index (χ4n) is 3.47. The highest BCUT2D eigenvalue weighted by molar-refractivity contribution is 6.53. The van der Waals surface area contributed by atoms with Crippen LogP contribution in [0.4, 0.5) is 30.2 Å². The minimum absolute atomic E-state index is 0.0665. The van der Waals surface area contributed by atoms with E-state index in [4.69, 9.17) is 23.2 Å². The van der Waals surface area contributed by atoms with Gasteiger partial charge in [0.25, 0.3) is 11.8 Å². The molecule has 1 aliphatic rings. The summed E-state index contributed by atoms with van der Waals surface area (Å²) in [4.78, 5) is 38.3. The number of carbonyl (C=O) groups excluding carboxylic acids is 3. The van der Waals surface area contributed by atoms with Crippen LogP contribution in [0.5, 0.6) is 0 Å². The van der Waals surface area contributed by atoms with Crippen molar-refractivity contribution in [2.45, 2.75) is 12.6 Å². The third-order valence-electron chi connectivity index (χ3n) is 5.16. The molecule has 0 aromatic heterocycles. The molecule has 3 aromatic carbocycles. The Kier molecular flexibility index (Phi) is 7.05. The van der Waals surface area contributed by atoms with Crippen molar-refractivity contribution in [1.29, 1.82) is 0 Å². The van der Waals surface area contributed by atoms with Crippen LogP contribution >= 0.6 is 23.2 Å². The summed E-state index contributed by atoms with van der Waals surface area (Å²) in [7, 11) is 0. The van der Waals surface area contributed by atoms with Gasteiger partial charge in [0.05, 0.1) is 17.7 Å². The maximum Gasteiger partial charge on any atom is 0.416 e. The second-order valence-electron chi connectivity index (χ2n) is 7.74. The number of halogens is 5. The average Bonchev–Trinajstić information content (AvgIpc) is 3.03. The lowest BCUT2D eigenvalue weighted by Crippen LogP contribution is -2.32. The summed E-state index contributed by atoms with van der Waals surface area (Å²) in [6.45, 7) is 0. The second-order valence-corrected chi connectivity index (χ2v) is 8.55. The van der Waals surface area contributed by atoms with Gasteiger partial charge in [-0.1, -0.05) is 47.5 Å². The first-order valence-electron chi connectivity index (χ1n) is 10.4. The zero-order chi connectivity index (χ0) is 26.0. The quantitative estimate of drug-likeness (QED) is 0.382. The van der Waals surface area contributed by atoms with Crippen molar-refractivity contribution in [2.24, 2.45) is 0 Å². The lowest BCUT2D eigenvalue weighted by molar-refractivity contribution is -0.137. The number of nitrogens with one attached hydrogen (secondary N) is 2. The third-order valence-corrected chi connectivity index (χ3v) is 5.74. The molecule has 0 saturated carbocycles. The number of carbonyl (C=O) groups is 3. The first-order chi connectivity index (χ1) is 17.0. The molecule has 11 heteroatoms. The van der Waals surface area contributed by atoms with Gasteiger partial charge >= 0.3 is 6.18 Å². The lowest BCUT2D eigenvalue weighted by atomic mass is 10.1. The minimum atomic E-state index is -4.65. The Labute approximate surface area is 213 Å². The van der Waals surface area contributed by atoms with E-state index in [9.17, 15) is 27.6 Å². The Bertz CT molecular complexity index is 1390. The molecular formula is C25H16Cl2F3N3O3. The van der Waals surface area contributed by atoms with Crippen molar-refractivity contribution in [1.82, 2.24) is 0 Å². The highest BCUT2D eigenvalue weighted by atomic mass is 35.5. The van der Waals surface area contributed by atoms with E-state index in [1.54, 1.807) is 48.5 Å². The van der Waals surface area contributed by atoms with Crippen molar-refractivity contribution in [3.05, 3.63) is 99.7 Å². The number of amides is 3. The number of anilines is 3. The van der Waals surface area contributed by atoms with Gasteiger partial charge in [0, 0.05) is 16.4 Å². The Morgan fingerprint density at radius 2 is 1.56 bits per heavy atom. The first kappa shape index (κ1) is 25.3. The van der Waals surface area contributed by atoms with Gasteiger partial charge in [0.1, 0.15) is 10.7 Å². The molecule has 0 spiro atoms. The van der Waals surface area contributed by atoms with Crippen molar-refractivity contribution in [2.75, 3.05) is 15.5 Å². The number of imide groups is 1. The van der Waals surface area contributed by atoms with Crippen LogP contribution < -0.4 is 15.5 Å². The summed E-state index contributed by atoms with van der Waals surface area (Å²) in [5.41, 5.74) is 0.0744. The van der Waals surface area contributed by atoms with E-state index in [2.05, 4.69) is 10.6 Å². The molecule has 1 aliphatic heterocycles. The molecule has 3 amide bonds. The Morgan fingerprint density at radius 1 is 0.861 bits per heavy atom. The zero-order valence-corrected chi connectivity index (χ0v) is 19.7. The summed E-state index contributed by atoms with van der Waals surface area (Å²) < 4.78 is 39.2. The van der Waals surface area contributed by atoms with E-state index in [-0.39, 0.29) is 23.7 Å². The second kappa shape index (κ2) is 10.0. The summed E-state index contributed by atoms with van der Waals surface area (Å²) >= 11 is 12.0. The van der Waals surface area contributed by atoms with Crippen LogP contribution in [0.15, 0.2) is 83.5 Å². The molecule has 36 heavy (non-hydrogen) atoms. The molecular weight excluding hydrogens is 518 g/mol. The van der Waals surface area contributed by atoms with Crippen molar-refractivity contribution in [3.63, 3.8) is 0 Å². The highest BCUT2D eigenvalue weighted by Crippen LogP contribution is 2.35. The van der Waals surface area contributed by atoms with E-state index >= 15 is 0 Å². The van der Waals surface area contributed by atoms with Crippen LogP contribution in [0, 0.1) is 0 Å². The van der Waals surface area contributed by atoms with E-state index in [1.165, 1.54) is 6.07 Å². The number of alkyl halides is 3. The van der Waals surface area contributed by atoms with Gasteiger partial charge in [-0.05, 0) is 54.1 Å². The van der Waals surface area contributed by atoms with Gasteiger partial charge in [0.2, 0.25) is 5.91 Å². The van der Waals surface area contributed by atoms with Crippen LogP contribution in [-0.2, 0) is 27.0 Å². The number of hydrogen-bond donors (Lipinski definition) is 2. The number of nitrogens with zero attached hydrogens (tertiary/aromatic N) is 1. The average molecular weight is 534 g/mol. The van der Waals surface area contributed by atoms with Gasteiger partial charge in [-0.25, -0.2) is 4.90 Å². The van der Waals surface area contributed by atoms with Crippen molar-refractivity contribution >= 4 is 58.0 Å². The number of hydrogen-bond acceptors (Lipinski definition) is 4. The van der Waals surface area contributed by atoms with Crippen LogP contribution in [0.1, 0.15) is 11.1 Å². The van der Waals surface area contributed by atoms with E-state index < -0.39 is 28.6 Å². The standard InChI is InChI=1S/C25H16Cl2F3N3O3/c26-16-4-2-5-18(13-16)31-20(34)11-14-7-9-17(10-8-14)32-22-21(27)23(35)33(24(22)36)19-6-1-3-15(12-19)25(28,29)30/h1-10,12-13,32H,11H2,(H,31,34). The van der Waals surface area contributed by atoms with Gasteiger partial charge in [-0.3, -0.25) is 14.4 Å². The predicted molar refractivity (Wildman–Crippen MR) is 131 cm³/mol. The smallest absolute Gasteiger partial charge is 0.350 e. The first-order valence-corrected chi connectivity index (χ1v) is 11.2. The lowest BCUT2D eigenvalue weighted by Gasteiger charge is -2.17. The molecule has 3 aromatic rings. The molecule has 1 heterocycles. The molecule has 0 radical (unpaired) electrons. The molecule has 2 N–H and O–H groups in total. The number of benzene rings is 3. The van der Waals surface area contributed by atoms with Gasteiger partial charge in [-0.2, -0.15) is 13.2 Å². The summed E-state index contributed by atoms with van der Waals surface area (Å²) in [6.07, 6.45) is -4.58. The SMILES string of the molecule is O=C(Cc1ccc(NC2=C(Cl)C(=O)N(c3cccc(C(F)(F)F)c3)C2=O)cc1)Nc1cccc(Cl)c1. The topological polar surface area (TPSA) is 78.5 Å². The molecule has 0 atom stereocenters. The van der Waals surface area contributed by atoms with E-state index in [0.29, 0.717) is 32.9 Å². The Morgan fingerprint density at radius 3 is 2.22 bits per heavy atom. The molecule has 0 aliphatic carbocycles. The van der Waals surface area contributed by atoms with Crippen molar-refractivity contribution in [3.8, 4) is 0 Å². The van der Waals surface area contributed by atoms with Crippen LogP contribution in [0.2, 0.25) is 5.02 Å².